The summed E-state index contributed by atoms with van der Waals surface area (Å²) < 4.78 is 4.60. The van der Waals surface area contributed by atoms with Crippen molar-refractivity contribution in [3.63, 3.8) is 0 Å². The Hall–Kier alpha value is -7.63. The van der Waals surface area contributed by atoms with E-state index in [1.807, 2.05) is 6.07 Å². The van der Waals surface area contributed by atoms with Crippen molar-refractivity contribution in [1.29, 1.82) is 0 Å². The third kappa shape index (κ3) is 4.39. The van der Waals surface area contributed by atoms with Crippen molar-refractivity contribution in [2.45, 2.75) is 0 Å². The normalized spacial score (nSPS) is 11.9. The average Bonchev–Trinajstić information content (AvgIpc) is 3.83. The van der Waals surface area contributed by atoms with Crippen LogP contribution in [0.15, 0.2) is 188 Å². The summed E-state index contributed by atoms with van der Waals surface area (Å²) in [5.41, 5.74) is 9.20. The topological polar surface area (TPSA) is 48.5 Å². The Morgan fingerprint density at radius 3 is 1.71 bits per heavy atom. The molecule has 0 aliphatic carbocycles. The van der Waals surface area contributed by atoms with Crippen molar-refractivity contribution in [3.8, 4) is 34.3 Å². The van der Waals surface area contributed by atoms with Crippen LogP contribution in [0.5, 0.6) is 0 Å². The van der Waals surface area contributed by atoms with Gasteiger partial charge in [-0.1, -0.05) is 152 Å². The van der Waals surface area contributed by atoms with Gasteiger partial charge in [0.2, 0.25) is 5.95 Å². The molecule has 5 heteroatoms. The molecule has 0 atom stereocenters. The van der Waals surface area contributed by atoms with Gasteiger partial charge in [-0.05, 0) is 57.9 Å². The fourth-order valence-electron chi connectivity index (χ4n) is 8.95. The van der Waals surface area contributed by atoms with Crippen LogP contribution in [0.2, 0.25) is 0 Å². The van der Waals surface area contributed by atoms with Crippen LogP contribution in [0.4, 0.5) is 0 Å². The number of hydrogen-bond donors (Lipinski definition) is 0. The number of nitrogens with zero attached hydrogens (tertiary/aromatic N) is 5. The fraction of sp³-hybridized carbons (Fsp3) is 0. The molecule has 0 saturated heterocycles. The number of imidazole rings is 1. The lowest BCUT2D eigenvalue weighted by Gasteiger charge is -2.16. The molecule has 9 aromatic carbocycles. The zero-order valence-electron chi connectivity index (χ0n) is 30.1. The Morgan fingerprint density at radius 1 is 0.321 bits per heavy atom. The van der Waals surface area contributed by atoms with E-state index in [0.717, 1.165) is 66.7 Å². The summed E-state index contributed by atoms with van der Waals surface area (Å²) in [4.78, 5) is 16.0. The van der Waals surface area contributed by atoms with Gasteiger partial charge in [0.15, 0.2) is 0 Å². The molecule has 56 heavy (non-hydrogen) atoms. The van der Waals surface area contributed by atoms with E-state index in [4.69, 9.17) is 15.0 Å². The molecule has 12 rings (SSSR count). The molecule has 0 N–H and O–H groups in total. The lowest BCUT2D eigenvalue weighted by molar-refractivity contribution is 1.01. The summed E-state index contributed by atoms with van der Waals surface area (Å²) in [7, 11) is 0. The molecular weight excluding hydrogens is 683 g/mol. The van der Waals surface area contributed by atoms with E-state index in [0.29, 0.717) is 5.95 Å². The Bertz CT molecular complexity index is 3510. The summed E-state index contributed by atoms with van der Waals surface area (Å²) in [6, 6.07) is 66.4. The highest BCUT2D eigenvalue weighted by molar-refractivity contribution is 6.38. The molecule has 0 bridgehead atoms. The highest BCUT2D eigenvalue weighted by Gasteiger charge is 2.24. The van der Waals surface area contributed by atoms with E-state index in [-0.39, 0.29) is 0 Å². The van der Waals surface area contributed by atoms with E-state index < -0.39 is 0 Å². The Morgan fingerprint density at radius 2 is 0.929 bits per heavy atom. The van der Waals surface area contributed by atoms with Gasteiger partial charge in [-0.25, -0.2) is 15.0 Å². The van der Waals surface area contributed by atoms with E-state index in [9.17, 15) is 0 Å². The zero-order valence-corrected chi connectivity index (χ0v) is 30.1. The van der Waals surface area contributed by atoms with Crippen LogP contribution in [0.1, 0.15) is 0 Å². The molecule has 0 unspecified atom stereocenters. The van der Waals surface area contributed by atoms with E-state index >= 15 is 0 Å². The maximum absolute atomic E-state index is 5.36. The molecule has 3 aromatic heterocycles. The van der Waals surface area contributed by atoms with Crippen molar-refractivity contribution in [3.05, 3.63) is 188 Å². The molecular formula is C51H31N5. The van der Waals surface area contributed by atoms with Gasteiger partial charge in [0, 0.05) is 43.7 Å². The molecule has 0 spiro atoms. The second-order valence-electron chi connectivity index (χ2n) is 14.4. The minimum atomic E-state index is 0.648. The maximum Gasteiger partial charge on any atom is 0.235 e. The van der Waals surface area contributed by atoms with Crippen LogP contribution in [0.3, 0.4) is 0 Å². The van der Waals surface area contributed by atoms with Gasteiger partial charge in [0.1, 0.15) is 5.82 Å². The predicted molar refractivity (Wildman–Crippen MR) is 232 cm³/mol. The quantitative estimate of drug-likeness (QED) is 0.171. The molecule has 3 heterocycles. The van der Waals surface area contributed by atoms with Crippen molar-refractivity contribution < 1.29 is 0 Å². The average molecular weight is 714 g/mol. The summed E-state index contributed by atoms with van der Waals surface area (Å²) in [5, 5.41) is 10.6. The third-order valence-electron chi connectivity index (χ3n) is 11.3. The molecule has 0 aliphatic heterocycles. The van der Waals surface area contributed by atoms with Gasteiger partial charge < -0.3 is 0 Å². The SMILES string of the molecule is c1ccc(-c2nc(-n3c4ccccc4c4c5c(ccc43)c3ccccc3c3c5ccc4nc(-c5ccccc5)n(-c5ccccc5)c43)nc3ccccc23)cc1. The van der Waals surface area contributed by atoms with E-state index in [1.54, 1.807) is 0 Å². The van der Waals surface area contributed by atoms with Gasteiger partial charge in [-0.15, -0.1) is 0 Å². The smallest absolute Gasteiger partial charge is 0.235 e. The van der Waals surface area contributed by atoms with Gasteiger partial charge in [0.25, 0.3) is 0 Å². The van der Waals surface area contributed by atoms with E-state index in [2.05, 4.69) is 191 Å². The predicted octanol–water partition coefficient (Wildman–Crippen LogP) is 12.9. The minimum Gasteiger partial charge on any atom is -0.292 e. The molecule has 0 saturated carbocycles. The number of hydrogen-bond acceptors (Lipinski definition) is 3. The van der Waals surface area contributed by atoms with Crippen molar-refractivity contribution in [2.75, 3.05) is 0 Å². The zero-order chi connectivity index (χ0) is 36.7. The third-order valence-corrected chi connectivity index (χ3v) is 11.3. The molecule has 5 nitrogen and oxygen atoms in total. The van der Waals surface area contributed by atoms with Gasteiger partial charge in [-0.2, -0.15) is 0 Å². The standard InChI is InChI=1S/C51H31N5/c1-4-16-32(17-5-1)48-38-24-12-14-26-41(38)53-51(54-48)56-43-27-15-13-25-39(43)47-44(56)31-29-37-35-22-10-11-23-36(35)46-40(45(37)47)28-30-42-49(46)55(34-20-8-3-9-21-34)50(52-42)33-18-6-2-7-19-33/h1-31H. The second-order valence-corrected chi connectivity index (χ2v) is 14.4. The van der Waals surface area contributed by atoms with Gasteiger partial charge in [-0.3, -0.25) is 9.13 Å². The Labute approximate surface area is 321 Å². The summed E-state index contributed by atoms with van der Waals surface area (Å²) in [6.07, 6.45) is 0. The fourth-order valence-corrected chi connectivity index (χ4v) is 8.95. The second kappa shape index (κ2) is 11.9. The molecule has 260 valence electrons. The van der Waals surface area contributed by atoms with Crippen LogP contribution in [0.25, 0.3) is 110 Å². The van der Waals surface area contributed by atoms with Crippen LogP contribution in [0, 0.1) is 0 Å². The van der Waals surface area contributed by atoms with Gasteiger partial charge >= 0.3 is 0 Å². The minimum absolute atomic E-state index is 0.648. The van der Waals surface area contributed by atoms with Crippen molar-refractivity contribution in [1.82, 2.24) is 24.1 Å². The summed E-state index contributed by atoms with van der Waals surface area (Å²) in [5.74, 6) is 1.57. The van der Waals surface area contributed by atoms with E-state index in [1.165, 1.54) is 37.7 Å². The first kappa shape index (κ1) is 30.8. The first-order valence-corrected chi connectivity index (χ1v) is 19.0. The molecule has 0 fully saturated rings. The van der Waals surface area contributed by atoms with Crippen LogP contribution < -0.4 is 0 Å². The van der Waals surface area contributed by atoms with Crippen LogP contribution >= 0.6 is 0 Å². The van der Waals surface area contributed by atoms with Crippen LogP contribution in [-0.4, -0.2) is 24.1 Å². The first-order chi connectivity index (χ1) is 27.8. The number of fused-ring (bicyclic) bond motifs is 13. The number of rotatable bonds is 4. The molecule has 0 aliphatic rings. The summed E-state index contributed by atoms with van der Waals surface area (Å²) >= 11 is 0. The highest BCUT2D eigenvalue weighted by Crippen LogP contribution is 2.46. The molecule has 12 aromatic rings. The largest absolute Gasteiger partial charge is 0.292 e. The molecule has 0 radical (unpaired) electrons. The number of para-hydroxylation sites is 3. The lowest BCUT2D eigenvalue weighted by atomic mass is 9.91. The van der Waals surface area contributed by atoms with Crippen molar-refractivity contribution >= 4 is 76.1 Å². The summed E-state index contributed by atoms with van der Waals surface area (Å²) in [6.45, 7) is 0. The Balaban J connectivity index is 1.26. The lowest BCUT2D eigenvalue weighted by Crippen LogP contribution is -2.03. The maximum atomic E-state index is 5.36. The highest BCUT2D eigenvalue weighted by atomic mass is 15.2. The first-order valence-electron chi connectivity index (χ1n) is 19.0. The Kier molecular flexibility index (Phi) is 6.56. The van der Waals surface area contributed by atoms with Gasteiger partial charge in [0.05, 0.1) is 33.3 Å². The molecule has 0 amide bonds. The number of aromatic nitrogens is 5. The number of benzene rings is 9. The van der Waals surface area contributed by atoms with Crippen molar-refractivity contribution in [2.24, 2.45) is 0 Å². The monoisotopic (exact) mass is 713 g/mol. The van der Waals surface area contributed by atoms with Crippen LogP contribution in [-0.2, 0) is 0 Å².